The fourth-order valence-corrected chi connectivity index (χ4v) is 4.07. The average molecular weight is 382 g/mol. The molecule has 0 radical (unpaired) electrons. The van der Waals surface area contributed by atoms with Crippen LogP contribution >= 0.6 is 36.2 Å². The molecule has 0 aromatic carbocycles. The van der Waals surface area contributed by atoms with E-state index in [1.54, 1.807) is 11.3 Å². The Labute approximate surface area is 154 Å². The van der Waals surface area contributed by atoms with Crippen molar-refractivity contribution in [2.24, 2.45) is 0 Å². The molecule has 3 atom stereocenters. The van der Waals surface area contributed by atoms with E-state index in [4.69, 9.17) is 4.74 Å². The van der Waals surface area contributed by atoms with E-state index in [0.717, 1.165) is 38.2 Å². The van der Waals surface area contributed by atoms with Crippen molar-refractivity contribution in [1.82, 2.24) is 15.2 Å². The van der Waals surface area contributed by atoms with Crippen LogP contribution < -0.4 is 5.32 Å². The van der Waals surface area contributed by atoms with Gasteiger partial charge < -0.3 is 15.0 Å². The van der Waals surface area contributed by atoms with Crippen molar-refractivity contribution in [2.75, 3.05) is 26.2 Å². The number of carbonyl (C=O) groups excluding carboxylic acids is 1. The van der Waals surface area contributed by atoms with Crippen molar-refractivity contribution in [3.63, 3.8) is 0 Å². The lowest BCUT2D eigenvalue weighted by molar-refractivity contribution is -0.140. The maximum atomic E-state index is 12.7. The van der Waals surface area contributed by atoms with E-state index >= 15 is 0 Å². The number of rotatable bonds is 2. The van der Waals surface area contributed by atoms with Crippen LogP contribution in [-0.2, 0) is 9.53 Å². The molecule has 132 valence electrons. The minimum atomic E-state index is -0.199. The zero-order valence-electron chi connectivity index (χ0n) is 13.5. The highest BCUT2D eigenvalue weighted by atomic mass is 35.5. The third-order valence-electron chi connectivity index (χ3n) is 4.30. The van der Waals surface area contributed by atoms with E-state index in [-0.39, 0.29) is 42.9 Å². The van der Waals surface area contributed by atoms with E-state index in [2.05, 4.69) is 15.7 Å². The summed E-state index contributed by atoms with van der Waals surface area (Å²) in [5, 5.41) is 6.56. The van der Waals surface area contributed by atoms with Gasteiger partial charge in [0.15, 0.2) is 0 Å². The molecular formula is C15H25Cl2N3O2S. The first-order valence-corrected chi connectivity index (χ1v) is 8.59. The van der Waals surface area contributed by atoms with Crippen LogP contribution in [0.2, 0.25) is 0 Å². The lowest BCUT2D eigenvalue weighted by Gasteiger charge is -2.37. The van der Waals surface area contributed by atoms with Gasteiger partial charge in [0.1, 0.15) is 6.04 Å². The van der Waals surface area contributed by atoms with Crippen LogP contribution in [0.3, 0.4) is 0 Å². The molecule has 2 aliphatic heterocycles. The Morgan fingerprint density at radius 2 is 2.26 bits per heavy atom. The van der Waals surface area contributed by atoms with Crippen LogP contribution in [0.1, 0.15) is 36.4 Å². The molecule has 8 heteroatoms. The van der Waals surface area contributed by atoms with Crippen LogP contribution in [0.25, 0.3) is 0 Å². The second kappa shape index (κ2) is 9.18. The number of nitrogens with one attached hydrogen (secondary N) is 1. The van der Waals surface area contributed by atoms with Crippen molar-refractivity contribution >= 4 is 42.1 Å². The average Bonchev–Trinajstić information content (AvgIpc) is 2.94. The van der Waals surface area contributed by atoms with E-state index < -0.39 is 0 Å². The van der Waals surface area contributed by atoms with Gasteiger partial charge in [-0.3, -0.25) is 4.79 Å². The zero-order valence-corrected chi connectivity index (χ0v) is 15.9. The number of aryl methyl sites for hydroxylation is 1. The largest absolute Gasteiger partial charge is 0.375 e. The van der Waals surface area contributed by atoms with Crippen LogP contribution in [0, 0.1) is 6.92 Å². The normalized spacial score (nSPS) is 27.7. The molecule has 3 heterocycles. The molecule has 0 saturated carbocycles. The summed E-state index contributed by atoms with van der Waals surface area (Å²) in [5.74, 6) is 0.571. The van der Waals surface area contributed by atoms with Crippen molar-refractivity contribution < 1.29 is 9.53 Å². The molecule has 0 aliphatic carbocycles. The van der Waals surface area contributed by atoms with Crippen molar-refractivity contribution in [3.8, 4) is 0 Å². The molecule has 5 nitrogen and oxygen atoms in total. The quantitative estimate of drug-likeness (QED) is 0.854. The van der Waals surface area contributed by atoms with Gasteiger partial charge in [-0.2, -0.15) is 0 Å². The predicted octanol–water partition coefficient (Wildman–Crippen LogP) is 2.38. The van der Waals surface area contributed by atoms with Gasteiger partial charge in [-0.25, -0.2) is 4.98 Å². The van der Waals surface area contributed by atoms with Crippen molar-refractivity contribution in [2.45, 2.75) is 44.8 Å². The van der Waals surface area contributed by atoms with Crippen molar-refractivity contribution in [1.29, 1.82) is 0 Å². The zero-order chi connectivity index (χ0) is 14.8. The molecule has 2 saturated heterocycles. The monoisotopic (exact) mass is 381 g/mol. The standard InChI is InChI=1S/C15H23N3O2S.2ClH/c1-10-9-21-14(17-10)12-4-3-6-18(8-12)15(19)13-11(2)20-7-5-16-13;;/h9,11-13,16H,3-8H2,1-2H3;2*1H/t11-,12?,13+;;/m1../s1. The third kappa shape index (κ3) is 4.79. The van der Waals surface area contributed by atoms with Crippen LogP contribution in [-0.4, -0.2) is 54.2 Å². The number of hydrogen-bond acceptors (Lipinski definition) is 5. The van der Waals surface area contributed by atoms with Gasteiger partial charge in [0.25, 0.3) is 0 Å². The van der Waals surface area contributed by atoms with Gasteiger partial charge in [0.2, 0.25) is 5.91 Å². The highest BCUT2D eigenvalue weighted by molar-refractivity contribution is 7.09. The molecule has 2 aliphatic rings. The van der Waals surface area contributed by atoms with Gasteiger partial charge in [0.05, 0.1) is 17.7 Å². The van der Waals surface area contributed by atoms with E-state index in [1.807, 2.05) is 18.7 Å². The number of hydrogen-bond donors (Lipinski definition) is 1. The summed E-state index contributed by atoms with van der Waals surface area (Å²) in [6.45, 7) is 7.08. The summed E-state index contributed by atoms with van der Waals surface area (Å²) in [7, 11) is 0. The number of ether oxygens (including phenoxy) is 1. The van der Waals surface area contributed by atoms with Gasteiger partial charge in [0, 0.05) is 36.6 Å². The maximum absolute atomic E-state index is 12.7. The van der Waals surface area contributed by atoms with E-state index in [0.29, 0.717) is 12.5 Å². The Kier molecular flexibility index (Phi) is 8.24. The Morgan fingerprint density at radius 1 is 1.48 bits per heavy atom. The summed E-state index contributed by atoms with van der Waals surface area (Å²) >= 11 is 1.72. The lowest BCUT2D eigenvalue weighted by Crippen LogP contribution is -2.57. The Hall–Kier alpha value is -0.400. The first-order valence-electron chi connectivity index (χ1n) is 7.71. The van der Waals surface area contributed by atoms with Gasteiger partial charge >= 0.3 is 0 Å². The molecule has 23 heavy (non-hydrogen) atoms. The summed E-state index contributed by atoms with van der Waals surface area (Å²) < 4.78 is 5.60. The molecular weight excluding hydrogens is 357 g/mol. The van der Waals surface area contributed by atoms with Crippen LogP contribution in [0.15, 0.2) is 5.38 Å². The van der Waals surface area contributed by atoms with Gasteiger partial charge in [-0.15, -0.1) is 36.2 Å². The molecule has 2 fully saturated rings. The number of aromatic nitrogens is 1. The minimum absolute atomic E-state index is 0. The number of likely N-dealkylation sites (tertiary alicyclic amines) is 1. The minimum Gasteiger partial charge on any atom is -0.375 e. The first kappa shape index (κ1) is 20.6. The first-order chi connectivity index (χ1) is 10.1. The molecule has 1 N–H and O–H groups in total. The number of morpholine rings is 1. The summed E-state index contributed by atoms with van der Waals surface area (Å²) in [6, 6.07) is -0.199. The summed E-state index contributed by atoms with van der Waals surface area (Å²) in [5.41, 5.74) is 1.08. The molecule has 1 aromatic heterocycles. The Morgan fingerprint density at radius 3 is 2.91 bits per heavy atom. The van der Waals surface area contributed by atoms with Crippen LogP contribution in [0.5, 0.6) is 0 Å². The van der Waals surface area contributed by atoms with Crippen molar-refractivity contribution in [3.05, 3.63) is 16.1 Å². The smallest absolute Gasteiger partial charge is 0.242 e. The molecule has 1 amide bonds. The Balaban J connectivity index is 0.00000132. The topological polar surface area (TPSA) is 54.5 Å². The fourth-order valence-electron chi connectivity index (χ4n) is 3.14. The van der Waals surface area contributed by atoms with Crippen LogP contribution in [0.4, 0.5) is 0 Å². The number of thiazole rings is 1. The SMILES string of the molecule is Cc1csc(C2CCCN(C(=O)[C@H]3NCCO[C@@H]3C)C2)n1.Cl.Cl. The maximum Gasteiger partial charge on any atom is 0.242 e. The molecule has 3 rings (SSSR count). The Bertz CT molecular complexity index is 515. The highest BCUT2D eigenvalue weighted by Crippen LogP contribution is 2.29. The van der Waals surface area contributed by atoms with Gasteiger partial charge in [-0.05, 0) is 26.7 Å². The second-order valence-electron chi connectivity index (χ2n) is 5.96. The van der Waals surface area contributed by atoms with Gasteiger partial charge in [-0.1, -0.05) is 0 Å². The number of amides is 1. The molecule has 1 aromatic rings. The van der Waals surface area contributed by atoms with E-state index in [9.17, 15) is 4.79 Å². The highest BCUT2D eigenvalue weighted by Gasteiger charge is 2.34. The summed E-state index contributed by atoms with van der Waals surface area (Å²) in [4.78, 5) is 19.3. The number of nitrogens with zero attached hydrogens (tertiary/aromatic N) is 2. The molecule has 0 spiro atoms. The fraction of sp³-hybridized carbons (Fsp3) is 0.733. The molecule has 0 bridgehead atoms. The predicted molar refractivity (Wildman–Crippen MR) is 97.1 cm³/mol. The summed E-state index contributed by atoms with van der Waals surface area (Å²) in [6.07, 6.45) is 2.13. The van der Waals surface area contributed by atoms with E-state index in [1.165, 1.54) is 5.01 Å². The third-order valence-corrected chi connectivity index (χ3v) is 5.43. The number of piperidine rings is 1. The number of carbonyl (C=O) groups is 1. The lowest BCUT2D eigenvalue weighted by atomic mass is 9.97. The number of halogens is 2. The second-order valence-corrected chi connectivity index (χ2v) is 6.85. The molecule has 1 unspecified atom stereocenters.